The van der Waals surface area contributed by atoms with Crippen LogP contribution < -0.4 is 0 Å². The molecule has 0 amide bonds. The molecule has 2 atom stereocenters. The summed E-state index contributed by atoms with van der Waals surface area (Å²) in [6.07, 6.45) is 16.9. The van der Waals surface area contributed by atoms with Crippen LogP contribution in [0.15, 0.2) is 30.3 Å². The summed E-state index contributed by atoms with van der Waals surface area (Å²) in [6.45, 7) is 15.4. The molecule has 10 heteroatoms. The number of hydrogen-bond acceptors (Lipinski definition) is 10. The zero-order valence-electron chi connectivity index (χ0n) is 32.0. The number of nitrogens with zero attached hydrogens (tertiary/aromatic N) is 2. The van der Waals surface area contributed by atoms with Gasteiger partial charge in [-0.2, -0.15) is 0 Å². The van der Waals surface area contributed by atoms with E-state index in [1.807, 2.05) is 43.2 Å². The first-order chi connectivity index (χ1) is 24.5. The monoisotopic (exact) mass is 770 g/mol. The molecule has 1 aliphatic heterocycles. The van der Waals surface area contributed by atoms with Gasteiger partial charge < -0.3 is 14.4 Å². The Morgan fingerprint density at radius 2 is 1.28 bits per heavy atom. The van der Waals surface area contributed by atoms with Crippen molar-refractivity contribution in [3.63, 3.8) is 0 Å². The SMILES string of the molecule is CCCCCC(CC)SSCCOC(=O)CCN(CCC(=O)OCCSSC(CC)CCCCC)CCC1CCN(Cc2ccccc2)CC1. The van der Waals surface area contributed by atoms with Crippen molar-refractivity contribution < 1.29 is 19.1 Å². The van der Waals surface area contributed by atoms with Gasteiger partial charge in [-0.1, -0.05) is 140 Å². The number of esters is 2. The number of unbranched alkanes of at least 4 members (excludes halogenated alkanes) is 4. The standard InChI is InChI=1S/C40H70N2O4S4/c1-5-9-12-18-37(7-3)49-47-32-30-45-39(43)23-28-41(25-20-35-21-26-42(27-22-35)34-36-16-14-11-15-17-36)29-24-40(44)46-31-33-48-50-38(8-4)19-13-10-6-2/h11,14-17,35,37-38H,5-10,12-13,18-34H2,1-4H3. The van der Waals surface area contributed by atoms with Gasteiger partial charge in [-0.25, -0.2) is 0 Å². The molecular formula is C40H70N2O4S4. The van der Waals surface area contributed by atoms with Crippen LogP contribution in [0.3, 0.4) is 0 Å². The van der Waals surface area contributed by atoms with Crippen molar-refractivity contribution in [2.24, 2.45) is 5.92 Å². The van der Waals surface area contributed by atoms with Crippen LogP contribution in [0.2, 0.25) is 0 Å². The Kier molecular flexibility index (Phi) is 28.2. The largest absolute Gasteiger partial charge is 0.465 e. The van der Waals surface area contributed by atoms with Gasteiger partial charge >= 0.3 is 11.9 Å². The second kappa shape index (κ2) is 30.9. The number of piperidine rings is 1. The van der Waals surface area contributed by atoms with Gasteiger partial charge in [-0.05, 0) is 76.1 Å². The van der Waals surface area contributed by atoms with Crippen molar-refractivity contribution in [3.8, 4) is 0 Å². The molecule has 0 aromatic heterocycles. The van der Waals surface area contributed by atoms with Crippen LogP contribution in [0.5, 0.6) is 0 Å². The molecule has 1 heterocycles. The van der Waals surface area contributed by atoms with E-state index in [2.05, 4.69) is 67.8 Å². The molecule has 1 aromatic carbocycles. The summed E-state index contributed by atoms with van der Waals surface area (Å²) in [5, 5.41) is 1.37. The molecule has 6 nitrogen and oxygen atoms in total. The maximum Gasteiger partial charge on any atom is 0.307 e. The predicted octanol–water partition coefficient (Wildman–Crippen LogP) is 10.9. The molecule has 0 bridgehead atoms. The van der Waals surface area contributed by atoms with Crippen LogP contribution in [0.25, 0.3) is 0 Å². The second-order valence-corrected chi connectivity index (χ2v) is 19.2. The Morgan fingerprint density at radius 3 is 1.76 bits per heavy atom. The van der Waals surface area contributed by atoms with E-state index in [1.54, 1.807) is 0 Å². The minimum atomic E-state index is -0.137. The number of carbonyl (C=O) groups excluding carboxylic acids is 2. The summed E-state index contributed by atoms with van der Waals surface area (Å²) < 4.78 is 11.2. The fourth-order valence-electron chi connectivity index (χ4n) is 6.17. The first-order valence-corrected chi connectivity index (χ1v) is 24.6. The molecule has 0 radical (unpaired) electrons. The van der Waals surface area contributed by atoms with Gasteiger partial charge in [0.1, 0.15) is 13.2 Å². The fourth-order valence-corrected chi connectivity index (χ4v) is 11.4. The van der Waals surface area contributed by atoms with Gasteiger partial charge in [0.15, 0.2) is 0 Å². The van der Waals surface area contributed by atoms with Crippen LogP contribution in [0, 0.1) is 5.92 Å². The molecule has 0 N–H and O–H groups in total. The highest BCUT2D eigenvalue weighted by molar-refractivity contribution is 8.77. The van der Waals surface area contributed by atoms with Crippen LogP contribution >= 0.6 is 43.2 Å². The lowest BCUT2D eigenvalue weighted by Gasteiger charge is -2.33. The normalized spacial score (nSPS) is 15.3. The van der Waals surface area contributed by atoms with Crippen molar-refractivity contribution in [2.75, 3.05) is 57.4 Å². The third-order valence-corrected chi connectivity index (χ3v) is 15.6. The van der Waals surface area contributed by atoms with E-state index in [9.17, 15) is 9.59 Å². The minimum Gasteiger partial charge on any atom is -0.465 e. The van der Waals surface area contributed by atoms with E-state index in [0.29, 0.717) is 55.6 Å². The number of benzene rings is 1. The first-order valence-electron chi connectivity index (χ1n) is 19.8. The number of ether oxygens (including phenoxy) is 2. The van der Waals surface area contributed by atoms with Crippen molar-refractivity contribution in [1.82, 2.24) is 9.80 Å². The van der Waals surface area contributed by atoms with Gasteiger partial charge in [0, 0.05) is 41.6 Å². The Bertz CT molecular complexity index is 924. The maximum atomic E-state index is 12.7. The zero-order valence-corrected chi connectivity index (χ0v) is 35.2. The summed E-state index contributed by atoms with van der Waals surface area (Å²) >= 11 is 0. The molecule has 1 aromatic rings. The summed E-state index contributed by atoms with van der Waals surface area (Å²) in [7, 11) is 7.57. The average Bonchev–Trinajstić information content (AvgIpc) is 3.13. The Labute approximate surface area is 322 Å². The molecule has 2 unspecified atom stereocenters. The number of carbonyl (C=O) groups is 2. The van der Waals surface area contributed by atoms with Crippen molar-refractivity contribution in [3.05, 3.63) is 35.9 Å². The van der Waals surface area contributed by atoms with Crippen molar-refractivity contribution in [1.29, 1.82) is 0 Å². The lowest BCUT2D eigenvalue weighted by atomic mass is 9.93. The number of rotatable bonds is 31. The van der Waals surface area contributed by atoms with Crippen LogP contribution in [0.1, 0.15) is 130 Å². The Hall–Kier alpha value is -0.520. The Balaban J connectivity index is 1.72. The molecule has 0 saturated carbocycles. The topological polar surface area (TPSA) is 59.1 Å². The average molecular weight is 771 g/mol. The Morgan fingerprint density at radius 1 is 0.760 bits per heavy atom. The number of hydrogen-bond donors (Lipinski definition) is 0. The molecular weight excluding hydrogens is 701 g/mol. The van der Waals surface area contributed by atoms with Crippen LogP contribution in [0.4, 0.5) is 0 Å². The fraction of sp³-hybridized carbons (Fsp3) is 0.800. The van der Waals surface area contributed by atoms with E-state index >= 15 is 0 Å². The summed E-state index contributed by atoms with van der Waals surface area (Å²) in [5.74, 6) is 2.06. The van der Waals surface area contributed by atoms with Crippen molar-refractivity contribution >= 4 is 55.1 Å². The molecule has 1 aliphatic rings. The van der Waals surface area contributed by atoms with Gasteiger partial charge in [-0.15, -0.1) is 0 Å². The first kappa shape index (κ1) is 45.6. The summed E-state index contributed by atoms with van der Waals surface area (Å²) in [6, 6.07) is 10.7. The van der Waals surface area contributed by atoms with E-state index in [1.165, 1.54) is 82.6 Å². The zero-order chi connectivity index (χ0) is 36.1. The predicted molar refractivity (Wildman–Crippen MR) is 223 cm³/mol. The number of likely N-dealkylation sites (tertiary alicyclic amines) is 1. The van der Waals surface area contributed by atoms with Crippen LogP contribution in [-0.2, 0) is 25.6 Å². The highest BCUT2D eigenvalue weighted by Crippen LogP contribution is 2.33. The lowest BCUT2D eigenvalue weighted by molar-refractivity contribution is -0.143. The van der Waals surface area contributed by atoms with Crippen molar-refractivity contribution in [2.45, 2.75) is 141 Å². The third-order valence-electron chi connectivity index (χ3n) is 9.51. The third kappa shape index (κ3) is 23.2. The smallest absolute Gasteiger partial charge is 0.307 e. The molecule has 1 fully saturated rings. The molecule has 1 saturated heterocycles. The summed E-state index contributed by atoms with van der Waals surface area (Å²) in [4.78, 5) is 30.2. The van der Waals surface area contributed by atoms with Gasteiger partial charge in [0.05, 0.1) is 12.8 Å². The highest BCUT2D eigenvalue weighted by atomic mass is 33.1. The minimum absolute atomic E-state index is 0.137. The quantitative estimate of drug-likeness (QED) is 0.0414. The van der Waals surface area contributed by atoms with Gasteiger partial charge in [0.25, 0.3) is 0 Å². The second-order valence-electron chi connectivity index (χ2n) is 13.7. The molecule has 0 aliphatic carbocycles. The van der Waals surface area contributed by atoms with E-state index < -0.39 is 0 Å². The molecule has 288 valence electrons. The molecule has 0 spiro atoms. The molecule has 2 rings (SSSR count). The highest BCUT2D eigenvalue weighted by Gasteiger charge is 2.21. The molecule has 50 heavy (non-hydrogen) atoms. The lowest BCUT2D eigenvalue weighted by Crippen LogP contribution is -2.36. The maximum absolute atomic E-state index is 12.7. The van der Waals surface area contributed by atoms with Crippen LogP contribution in [-0.4, -0.2) is 89.7 Å². The van der Waals surface area contributed by atoms with E-state index in [0.717, 1.165) is 44.1 Å². The summed E-state index contributed by atoms with van der Waals surface area (Å²) in [5.41, 5.74) is 1.38. The van der Waals surface area contributed by atoms with Gasteiger partial charge in [-0.3, -0.25) is 14.5 Å². The van der Waals surface area contributed by atoms with E-state index in [4.69, 9.17) is 9.47 Å². The van der Waals surface area contributed by atoms with Gasteiger partial charge in [0.2, 0.25) is 0 Å². The van der Waals surface area contributed by atoms with E-state index in [-0.39, 0.29) is 11.9 Å².